The van der Waals surface area contributed by atoms with E-state index in [1.807, 2.05) is 12.1 Å². The summed E-state index contributed by atoms with van der Waals surface area (Å²) in [7, 11) is 1.57. The van der Waals surface area contributed by atoms with Crippen LogP contribution >= 0.6 is 12.4 Å². The van der Waals surface area contributed by atoms with Crippen molar-refractivity contribution >= 4 is 29.9 Å². The molecule has 2 amide bonds. The molecule has 1 aromatic carbocycles. The minimum atomic E-state index is -0.271. The molecule has 1 aliphatic rings. The number of nitrogens with zero attached hydrogens (tertiary/aromatic N) is 2. The lowest BCUT2D eigenvalue weighted by Gasteiger charge is -2.25. The van der Waals surface area contributed by atoms with Gasteiger partial charge < -0.3 is 16.0 Å². The Labute approximate surface area is 146 Å². The highest BCUT2D eigenvalue weighted by Gasteiger charge is 2.24. The first-order chi connectivity index (χ1) is 11.2. The molecule has 0 radical (unpaired) electrons. The van der Waals surface area contributed by atoms with Gasteiger partial charge in [-0.25, -0.2) is 0 Å². The quantitative estimate of drug-likeness (QED) is 0.758. The van der Waals surface area contributed by atoms with E-state index in [2.05, 4.69) is 33.2 Å². The maximum atomic E-state index is 12.4. The smallest absolute Gasteiger partial charge is 0.241 e. The van der Waals surface area contributed by atoms with Crippen LogP contribution in [-0.2, 0) is 29.1 Å². The summed E-state index contributed by atoms with van der Waals surface area (Å²) in [5.41, 5.74) is 3.01. The summed E-state index contributed by atoms with van der Waals surface area (Å²) in [6.07, 6.45) is 3.84. The van der Waals surface area contributed by atoms with Crippen molar-refractivity contribution in [2.75, 3.05) is 12.4 Å². The summed E-state index contributed by atoms with van der Waals surface area (Å²) in [5.74, 6) is -0.240. The Kier molecular flexibility index (Phi) is 5.94. The number of nitrogens with one attached hydrogen (secondary N) is 3. The van der Waals surface area contributed by atoms with Gasteiger partial charge in [0.25, 0.3) is 0 Å². The van der Waals surface area contributed by atoms with Gasteiger partial charge >= 0.3 is 0 Å². The number of likely N-dealkylation sites (N-methyl/N-ethyl adjacent to an activating group) is 1. The number of benzene rings is 1. The Bertz CT molecular complexity index is 731. The molecule has 1 unspecified atom stereocenters. The van der Waals surface area contributed by atoms with Gasteiger partial charge in [0.15, 0.2) is 0 Å². The van der Waals surface area contributed by atoms with Gasteiger partial charge in [0.05, 0.1) is 17.9 Å². The highest BCUT2D eigenvalue weighted by molar-refractivity contribution is 5.95. The fourth-order valence-corrected chi connectivity index (χ4v) is 2.61. The van der Waals surface area contributed by atoms with E-state index < -0.39 is 0 Å². The van der Waals surface area contributed by atoms with Gasteiger partial charge in [0.2, 0.25) is 11.8 Å². The van der Waals surface area contributed by atoms with E-state index in [0.717, 1.165) is 0 Å². The second-order valence-electron chi connectivity index (χ2n) is 5.50. The predicted molar refractivity (Wildman–Crippen MR) is 92.9 cm³/mol. The highest BCUT2D eigenvalue weighted by Crippen LogP contribution is 2.17. The summed E-state index contributed by atoms with van der Waals surface area (Å²) >= 11 is 0. The molecule has 1 aromatic heterocycles. The molecule has 0 saturated carbocycles. The van der Waals surface area contributed by atoms with Gasteiger partial charge in [-0.05, 0) is 17.5 Å². The number of carbonyl (C=O) groups is 2. The van der Waals surface area contributed by atoms with Crippen LogP contribution in [0.25, 0.3) is 0 Å². The maximum Gasteiger partial charge on any atom is 0.241 e. The number of fused-ring (bicyclic) bond motifs is 1. The van der Waals surface area contributed by atoms with Crippen LogP contribution in [0.2, 0.25) is 0 Å². The average Bonchev–Trinajstić information content (AvgIpc) is 3.01. The number of hydrogen-bond acceptors (Lipinski definition) is 4. The van der Waals surface area contributed by atoms with Crippen LogP contribution in [0.4, 0.5) is 5.69 Å². The minimum absolute atomic E-state index is 0. The number of halogens is 1. The molecule has 8 heteroatoms. The van der Waals surface area contributed by atoms with Gasteiger partial charge in [-0.1, -0.05) is 24.3 Å². The van der Waals surface area contributed by atoms with Crippen LogP contribution in [0, 0.1) is 0 Å². The van der Waals surface area contributed by atoms with Gasteiger partial charge in [0, 0.05) is 19.8 Å². The van der Waals surface area contributed by atoms with E-state index in [1.54, 1.807) is 13.2 Å². The molecule has 128 valence electrons. The molecule has 1 atom stereocenters. The van der Waals surface area contributed by atoms with Crippen LogP contribution < -0.4 is 16.0 Å². The largest absolute Gasteiger partial charge is 0.358 e. The Morgan fingerprint density at radius 2 is 2.08 bits per heavy atom. The fraction of sp³-hybridized carbons (Fsp3) is 0.312. The van der Waals surface area contributed by atoms with Crippen LogP contribution in [-0.4, -0.2) is 34.7 Å². The van der Waals surface area contributed by atoms with Crippen molar-refractivity contribution in [2.24, 2.45) is 0 Å². The first-order valence-corrected chi connectivity index (χ1v) is 7.50. The van der Waals surface area contributed by atoms with Crippen molar-refractivity contribution in [2.45, 2.75) is 25.6 Å². The number of hydrogen-bond donors (Lipinski definition) is 3. The van der Waals surface area contributed by atoms with Crippen molar-refractivity contribution in [3.8, 4) is 0 Å². The van der Waals surface area contributed by atoms with E-state index >= 15 is 0 Å². The van der Waals surface area contributed by atoms with Crippen molar-refractivity contribution in [1.29, 1.82) is 0 Å². The zero-order valence-corrected chi connectivity index (χ0v) is 14.1. The molecule has 0 fully saturated rings. The van der Waals surface area contributed by atoms with Crippen LogP contribution in [0.1, 0.15) is 11.1 Å². The lowest BCUT2D eigenvalue weighted by molar-refractivity contribution is -0.121. The van der Waals surface area contributed by atoms with Gasteiger partial charge in [-0.15, -0.1) is 12.4 Å². The van der Waals surface area contributed by atoms with E-state index in [4.69, 9.17) is 0 Å². The molecule has 0 bridgehead atoms. The molecule has 2 heterocycles. The summed E-state index contributed by atoms with van der Waals surface area (Å²) in [4.78, 5) is 23.7. The first-order valence-electron chi connectivity index (χ1n) is 7.50. The second-order valence-corrected chi connectivity index (χ2v) is 5.50. The molecule has 3 N–H and O–H groups in total. The molecule has 24 heavy (non-hydrogen) atoms. The summed E-state index contributed by atoms with van der Waals surface area (Å²) in [5, 5.41) is 12.7. The predicted octanol–water partition coefficient (Wildman–Crippen LogP) is 0.704. The van der Waals surface area contributed by atoms with E-state index in [9.17, 15) is 9.59 Å². The first kappa shape index (κ1) is 18.0. The molecule has 1 aliphatic heterocycles. The van der Waals surface area contributed by atoms with E-state index in [1.165, 1.54) is 22.0 Å². The zero-order chi connectivity index (χ0) is 16.2. The van der Waals surface area contributed by atoms with Gasteiger partial charge in [-0.3, -0.25) is 14.3 Å². The number of anilines is 1. The number of rotatable bonds is 4. The fourth-order valence-electron chi connectivity index (χ4n) is 2.61. The molecule has 7 nitrogen and oxygen atoms in total. The SMILES string of the molecule is CNC(=O)Cn1cc(NC(=O)C2Cc3ccccc3CN2)cn1.Cl. The molecule has 0 aliphatic carbocycles. The van der Waals surface area contributed by atoms with Gasteiger partial charge in [-0.2, -0.15) is 5.10 Å². The molecular weight excluding hydrogens is 330 g/mol. The second kappa shape index (κ2) is 7.94. The Hall–Kier alpha value is -2.38. The van der Waals surface area contributed by atoms with Gasteiger partial charge in [0.1, 0.15) is 6.54 Å². The van der Waals surface area contributed by atoms with Crippen molar-refractivity contribution in [3.63, 3.8) is 0 Å². The van der Waals surface area contributed by atoms with E-state index in [-0.39, 0.29) is 36.8 Å². The molecule has 3 rings (SSSR count). The summed E-state index contributed by atoms with van der Waals surface area (Å²) in [6.45, 7) is 0.811. The van der Waals surface area contributed by atoms with Crippen LogP contribution in [0.15, 0.2) is 36.7 Å². The third-order valence-electron chi connectivity index (χ3n) is 3.88. The Balaban J connectivity index is 0.00000208. The zero-order valence-electron chi connectivity index (χ0n) is 13.3. The highest BCUT2D eigenvalue weighted by atomic mass is 35.5. The minimum Gasteiger partial charge on any atom is -0.358 e. The van der Waals surface area contributed by atoms with Crippen LogP contribution in [0.3, 0.4) is 0 Å². The lowest BCUT2D eigenvalue weighted by atomic mass is 9.95. The average molecular weight is 350 g/mol. The molecular formula is C16H20ClN5O2. The maximum absolute atomic E-state index is 12.4. The molecule has 2 aromatic rings. The molecule has 0 saturated heterocycles. The van der Waals surface area contributed by atoms with Crippen molar-refractivity contribution in [3.05, 3.63) is 47.8 Å². The lowest BCUT2D eigenvalue weighted by Crippen LogP contribution is -2.44. The van der Waals surface area contributed by atoms with Crippen LogP contribution in [0.5, 0.6) is 0 Å². The van der Waals surface area contributed by atoms with Crippen molar-refractivity contribution < 1.29 is 9.59 Å². The molecule has 0 spiro atoms. The summed E-state index contributed by atoms with van der Waals surface area (Å²) in [6, 6.07) is 7.84. The van der Waals surface area contributed by atoms with E-state index in [0.29, 0.717) is 18.7 Å². The number of aromatic nitrogens is 2. The number of carbonyl (C=O) groups excluding carboxylic acids is 2. The standard InChI is InChI=1S/C16H19N5O2.ClH/c1-17-15(22)10-21-9-13(8-19-21)20-16(23)14-6-11-4-2-3-5-12(11)7-18-14;/h2-5,8-9,14,18H,6-7,10H2,1H3,(H,17,22)(H,20,23);1H. The normalized spacial score (nSPS) is 15.8. The third kappa shape index (κ3) is 4.12. The third-order valence-corrected chi connectivity index (χ3v) is 3.88. The summed E-state index contributed by atoms with van der Waals surface area (Å²) < 4.78 is 1.48. The monoisotopic (exact) mass is 349 g/mol. The Morgan fingerprint density at radius 1 is 1.33 bits per heavy atom. The number of amides is 2. The Morgan fingerprint density at radius 3 is 2.83 bits per heavy atom. The van der Waals surface area contributed by atoms with Crippen molar-refractivity contribution in [1.82, 2.24) is 20.4 Å². The topological polar surface area (TPSA) is 88.0 Å².